The van der Waals surface area contributed by atoms with Crippen molar-refractivity contribution >= 4 is 5.78 Å². The van der Waals surface area contributed by atoms with Gasteiger partial charge in [0.1, 0.15) is 5.60 Å². The third-order valence-corrected chi connectivity index (χ3v) is 3.08. The first-order valence-corrected chi connectivity index (χ1v) is 5.52. The van der Waals surface area contributed by atoms with Crippen LogP contribution in [-0.2, 0) is 10.9 Å². The lowest BCUT2D eigenvalue weighted by Crippen LogP contribution is -2.36. The molecular formula is C13H15F3O2. The van der Waals surface area contributed by atoms with Gasteiger partial charge >= 0.3 is 6.18 Å². The van der Waals surface area contributed by atoms with Crippen LogP contribution in [-0.4, -0.2) is 18.5 Å². The maximum atomic E-state index is 12.4. The first-order chi connectivity index (χ1) is 8.24. The van der Waals surface area contributed by atoms with Crippen LogP contribution >= 0.6 is 0 Å². The number of carbonyl (C=O) groups excluding carboxylic acids is 1. The fourth-order valence-electron chi connectivity index (χ4n) is 1.51. The third-order valence-electron chi connectivity index (χ3n) is 3.08. The van der Waals surface area contributed by atoms with Gasteiger partial charge in [0, 0.05) is 12.7 Å². The van der Waals surface area contributed by atoms with E-state index in [1.807, 2.05) is 0 Å². The summed E-state index contributed by atoms with van der Waals surface area (Å²) in [6, 6.07) is 4.16. The molecule has 0 saturated carbocycles. The Labute approximate surface area is 104 Å². The highest BCUT2D eigenvalue weighted by Gasteiger charge is 2.33. The van der Waals surface area contributed by atoms with Crippen molar-refractivity contribution in [1.29, 1.82) is 0 Å². The average Bonchev–Trinajstić information content (AvgIpc) is 2.36. The average molecular weight is 260 g/mol. The summed E-state index contributed by atoms with van der Waals surface area (Å²) in [7, 11) is 1.41. The Balaban J connectivity index is 3.03. The molecule has 1 atom stereocenters. The molecule has 0 radical (unpaired) electrons. The van der Waals surface area contributed by atoms with Crippen LogP contribution in [0.2, 0.25) is 0 Å². The number of Topliss-reactive ketones (excluding diaryl/α,β-unsaturated/α-hetero) is 1. The molecule has 0 aliphatic rings. The third kappa shape index (κ3) is 2.90. The molecule has 0 heterocycles. The van der Waals surface area contributed by atoms with Gasteiger partial charge in [0.05, 0.1) is 5.56 Å². The summed E-state index contributed by atoms with van der Waals surface area (Å²) in [6.45, 7) is 3.40. The maximum absolute atomic E-state index is 12.4. The summed E-state index contributed by atoms with van der Waals surface area (Å²) in [4.78, 5) is 12.1. The van der Waals surface area contributed by atoms with Gasteiger partial charge in [-0.25, -0.2) is 0 Å². The van der Waals surface area contributed by atoms with E-state index in [-0.39, 0.29) is 11.3 Å². The summed E-state index contributed by atoms with van der Waals surface area (Å²) in [5, 5.41) is 0. The SMILES string of the molecule is CCC(C)(OC)C(=O)c1ccc(C(F)(F)F)cc1. The topological polar surface area (TPSA) is 26.3 Å². The Morgan fingerprint density at radius 2 is 1.72 bits per heavy atom. The minimum absolute atomic E-state index is 0.217. The molecule has 0 saturated heterocycles. The number of alkyl halides is 3. The normalized spacial score (nSPS) is 15.2. The van der Waals surface area contributed by atoms with E-state index in [9.17, 15) is 18.0 Å². The lowest BCUT2D eigenvalue weighted by Gasteiger charge is -2.25. The molecule has 0 fully saturated rings. The molecule has 2 nitrogen and oxygen atoms in total. The van der Waals surface area contributed by atoms with E-state index in [4.69, 9.17) is 4.74 Å². The molecule has 0 aliphatic carbocycles. The molecule has 1 rings (SSSR count). The molecule has 0 aliphatic heterocycles. The van der Waals surface area contributed by atoms with E-state index in [0.717, 1.165) is 12.1 Å². The van der Waals surface area contributed by atoms with E-state index >= 15 is 0 Å². The van der Waals surface area contributed by atoms with Crippen molar-refractivity contribution in [2.75, 3.05) is 7.11 Å². The van der Waals surface area contributed by atoms with Crippen LogP contribution in [0.25, 0.3) is 0 Å². The first-order valence-electron chi connectivity index (χ1n) is 5.52. The summed E-state index contributed by atoms with van der Waals surface area (Å²) < 4.78 is 42.3. The Morgan fingerprint density at radius 1 is 1.22 bits per heavy atom. The summed E-state index contributed by atoms with van der Waals surface area (Å²) in [5.41, 5.74) is -1.55. The Bertz CT molecular complexity index is 417. The van der Waals surface area contributed by atoms with Gasteiger partial charge in [-0.3, -0.25) is 4.79 Å². The highest BCUT2D eigenvalue weighted by molar-refractivity contribution is 6.02. The summed E-state index contributed by atoms with van der Waals surface area (Å²) >= 11 is 0. The van der Waals surface area contributed by atoms with E-state index in [0.29, 0.717) is 6.42 Å². The van der Waals surface area contributed by atoms with E-state index < -0.39 is 17.3 Å². The lowest BCUT2D eigenvalue weighted by atomic mass is 9.91. The molecule has 0 N–H and O–H groups in total. The van der Waals surface area contributed by atoms with Crippen molar-refractivity contribution in [3.8, 4) is 0 Å². The first kappa shape index (κ1) is 14.7. The van der Waals surface area contributed by atoms with E-state index in [2.05, 4.69) is 0 Å². The standard InChI is InChI=1S/C13H15F3O2/c1-4-12(2,18-3)11(17)9-5-7-10(8-6-9)13(14,15)16/h5-8H,4H2,1-3H3. The molecule has 100 valence electrons. The van der Waals surface area contributed by atoms with Crippen LogP contribution in [0.4, 0.5) is 13.2 Å². The van der Waals surface area contributed by atoms with E-state index in [1.165, 1.54) is 19.2 Å². The second-order valence-electron chi connectivity index (χ2n) is 4.19. The van der Waals surface area contributed by atoms with Gasteiger partial charge in [-0.05, 0) is 25.5 Å². The van der Waals surface area contributed by atoms with Crippen LogP contribution in [0, 0.1) is 0 Å². The van der Waals surface area contributed by atoms with Crippen molar-refractivity contribution in [2.24, 2.45) is 0 Å². The number of hydrogen-bond acceptors (Lipinski definition) is 2. The van der Waals surface area contributed by atoms with Crippen LogP contribution < -0.4 is 0 Å². The van der Waals surface area contributed by atoms with Gasteiger partial charge in [0.25, 0.3) is 0 Å². The molecule has 0 aromatic heterocycles. The van der Waals surface area contributed by atoms with Crippen LogP contribution in [0.3, 0.4) is 0 Å². The predicted octanol–water partition coefficient (Wildman–Crippen LogP) is 3.70. The largest absolute Gasteiger partial charge is 0.416 e. The quantitative estimate of drug-likeness (QED) is 0.771. The molecule has 1 unspecified atom stereocenters. The van der Waals surface area contributed by atoms with Gasteiger partial charge in [0.2, 0.25) is 0 Å². The zero-order chi connectivity index (χ0) is 14.0. The van der Waals surface area contributed by atoms with Gasteiger partial charge in [-0.1, -0.05) is 19.1 Å². The summed E-state index contributed by atoms with van der Waals surface area (Å²) in [6.07, 6.45) is -3.94. The monoisotopic (exact) mass is 260 g/mol. The number of halogens is 3. The maximum Gasteiger partial charge on any atom is 0.416 e. The van der Waals surface area contributed by atoms with Crippen LogP contribution in [0.1, 0.15) is 36.2 Å². The fourth-order valence-corrected chi connectivity index (χ4v) is 1.51. The zero-order valence-electron chi connectivity index (χ0n) is 10.5. The molecule has 0 amide bonds. The summed E-state index contributed by atoms with van der Waals surface area (Å²) in [5.74, 6) is -0.318. The van der Waals surface area contributed by atoms with Crippen molar-refractivity contribution in [2.45, 2.75) is 32.0 Å². The number of methoxy groups -OCH3 is 1. The molecule has 1 aromatic rings. The van der Waals surface area contributed by atoms with Crippen molar-refractivity contribution in [1.82, 2.24) is 0 Å². The minimum atomic E-state index is -4.39. The Morgan fingerprint density at radius 3 is 2.06 bits per heavy atom. The molecule has 0 bridgehead atoms. The number of ether oxygens (including phenoxy) is 1. The second kappa shape index (κ2) is 5.10. The van der Waals surface area contributed by atoms with E-state index in [1.54, 1.807) is 13.8 Å². The molecule has 5 heteroatoms. The van der Waals surface area contributed by atoms with Gasteiger partial charge in [-0.15, -0.1) is 0 Å². The smallest absolute Gasteiger partial charge is 0.370 e. The van der Waals surface area contributed by atoms with Crippen LogP contribution in [0.15, 0.2) is 24.3 Å². The van der Waals surface area contributed by atoms with Crippen molar-refractivity contribution in [3.05, 3.63) is 35.4 Å². The number of benzene rings is 1. The lowest BCUT2D eigenvalue weighted by molar-refractivity contribution is -0.137. The van der Waals surface area contributed by atoms with Crippen molar-refractivity contribution in [3.63, 3.8) is 0 Å². The Hall–Kier alpha value is -1.36. The molecule has 18 heavy (non-hydrogen) atoms. The second-order valence-corrected chi connectivity index (χ2v) is 4.19. The van der Waals surface area contributed by atoms with Crippen molar-refractivity contribution < 1.29 is 22.7 Å². The highest BCUT2D eigenvalue weighted by Crippen LogP contribution is 2.30. The van der Waals surface area contributed by atoms with Gasteiger partial charge < -0.3 is 4.74 Å². The predicted molar refractivity (Wildman–Crippen MR) is 61.5 cm³/mol. The number of rotatable bonds is 4. The highest BCUT2D eigenvalue weighted by atomic mass is 19.4. The fraction of sp³-hybridized carbons (Fsp3) is 0.462. The van der Waals surface area contributed by atoms with Crippen LogP contribution in [0.5, 0.6) is 0 Å². The molecule has 1 aromatic carbocycles. The number of carbonyl (C=O) groups is 1. The molecular weight excluding hydrogens is 245 g/mol. The minimum Gasteiger partial charge on any atom is -0.370 e. The zero-order valence-corrected chi connectivity index (χ0v) is 10.5. The molecule has 0 spiro atoms. The Kier molecular flexibility index (Phi) is 4.16. The van der Waals surface area contributed by atoms with Gasteiger partial charge in [-0.2, -0.15) is 13.2 Å². The number of ketones is 1. The number of hydrogen-bond donors (Lipinski definition) is 0. The van der Waals surface area contributed by atoms with Gasteiger partial charge in [0.15, 0.2) is 5.78 Å².